The van der Waals surface area contributed by atoms with Crippen molar-refractivity contribution in [3.63, 3.8) is 0 Å². The Morgan fingerprint density at radius 2 is 1.75 bits per heavy atom. The van der Waals surface area contributed by atoms with Crippen molar-refractivity contribution < 1.29 is 0 Å². The Labute approximate surface area is 125 Å². The fraction of sp³-hybridized carbons (Fsp3) is 0.200. The fourth-order valence-electron chi connectivity index (χ4n) is 1.87. The maximum absolute atomic E-state index is 7.36. The van der Waals surface area contributed by atoms with Gasteiger partial charge in [0.2, 0.25) is 0 Å². The van der Waals surface area contributed by atoms with Gasteiger partial charge in [-0.3, -0.25) is 10.4 Å². The second-order valence-electron chi connectivity index (χ2n) is 4.49. The molecule has 1 aromatic carbocycles. The second-order valence-corrected chi connectivity index (χ2v) is 4.49. The van der Waals surface area contributed by atoms with Crippen LogP contribution in [0.15, 0.2) is 48.8 Å². The topological polar surface area (TPSA) is 66.0 Å². The number of rotatable bonds is 5. The zero-order chi connectivity index (χ0) is 13.7. The van der Waals surface area contributed by atoms with Gasteiger partial charge in [-0.2, -0.15) is 0 Å². The molecule has 1 heterocycles. The Balaban J connectivity index is 0.00000200. The third-order valence-electron chi connectivity index (χ3n) is 3.10. The lowest BCUT2D eigenvalue weighted by atomic mass is 10.1. The molecule has 0 radical (unpaired) electrons. The van der Waals surface area contributed by atoms with Gasteiger partial charge in [0.25, 0.3) is 0 Å². The van der Waals surface area contributed by atoms with Crippen molar-refractivity contribution in [2.45, 2.75) is 6.42 Å². The predicted molar refractivity (Wildman–Crippen MR) is 85.9 cm³/mol. The van der Waals surface area contributed by atoms with Crippen LogP contribution < -0.4 is 10.6 Å². The lowest BCUT2D eigenvalue weighted by Crippen LogP contribution is -2.20. The Bertz CT molecular complexity index is 540. The van der Waals surface area contributed by atoms with Crippen LogP contribution in [0.25, 0.3) is 0 Å². The van der Waals surface area contributed by atoms with E-state index >= 15 is 0 Å². The van der Waals surface area contributed by atoms with E-state index in [1.165, 1.54) is 5.56 Å². The molecule has 1 aromatic heterocycles. The summed E-state index contributed by atoms with van der Waals surface area (Å²) in [7, 11) is 2.06. The van der Waals surface area contributed by atoms with Crippen LogP contribution in [0.3, 0.4) is 0 Å². The van der Waals surface area contributed by atoms with E-state index in [-0.39, 0.29) is 18.2 Å². The number of pyridine rings is 1. The van der Waals surface area contributed by atoms with Gasteiger partial charge in [-0.15, -0.1) is 12.4 Å². The summed E-state index contributed by atoms with van der Waals surface area (Å²) in [5.74, 6) is 0.103. The van der Waals surface area contributed by atoms with Gasteiger partial charge in [0.15, 0.2) is 0 Å². The van der Waals surface area contributed by atoms with E-state index in [9.17, 15) is 0 Å². The number of nitrogens with two attached hydrogens (primary N) is 1. The van der Waals surface area contributed by atoms with Gasteiger partial charge in [0, 0.05) is 37.2 Å². The molecule has 0 fully saturated rings. The maximum Gasteiger partial charge on any atom is 0.122 e. The van der Waals surface area contributed by atoms with Gasteiger partial charge >= 0.3 is 0 Å². The predicted octanol–water partition coefficient (Wildman–Crippen LogP) is 2.47. The van der Waals surface area contributed by atoms with Crippen molar-refractivity contribution in [3.05, 3.63) is 59.9 Å². The zero-order valence-electron chi connectivity index (χ0n) is 11.4. The lowest BCUT2D eigenvalue weighted by molar-refractivity contribution is 0.875. The SMILES string of the molecule is CN(CCc1ccncc1)c1ccc(C(=N)N)cc1.Cl. The summed E-state index contributed by atoms with van der Waals surface area (Å²) in [6.07, 6.45) is 4.61. The van der Waals surface area contributed by atoms with Crippen molar-refractivity contribution in [3.8, 4) is 0 Å². The van der Waals surface area contributed by atoms with Gasteiger partial charge in [-0.05, 0) is 48.4 Å². The van der Waals surface area contributed by atoms with Crippen LogP contribution in [-0.2, 0) is 6.42 Å². The van der Waals surface area contributed by atoms with Crippen molar-refractivity contribution >= 4 is 23.9 Å². The number of hydrogen-bond acceptors (Lipinski definition) is 3. The molecule has 20 heavy (non-hydrogen) atoms. The Kier molecular flexibility index (Phi) is 6.00. The van der Waals surface area contributed by atoms with Crippen LogP contribution in [0.4, 0.5) is 5.69 Å². The number of halogens is 1. The normalized spacial score (nSPS) is 9.65. The number of likely N-dealkylation sites (N-methyl/N-ethyl adjacent to an activating group) is 1. The number of benzene rings is 1. The molecule has 4 nitrogen and oxygen atoms in total. The number of nitrogen functional groups attached to an aromatic ring is 1. The van der Waals surface area contributed by atoms with Crippen molar-refractivity contribution in [1.29, 1.82) is 5.41 Å². The number of amidine groups is 1. The smallest absolute Gasteiger partial charge is 0.122 e. The molecule has 0 aliphatic heterocycles. The summed E-state index contributed by atoms with van der Waals surface area (Å²) >= 11 is 0. The van der Waals surface area contributed by atoms with Gasteiger partial charge in [0.05, 0.1) is 0 Å². The molecular weight excluding hydrogens is 272 g/mol. The van der Waals surface area contributed by atoms with Crippen molar-refractivity contribution in [2.24, 2.45) is 5.73 Å². The van der Waals surface area contributed by atoms with Crippen molar-refractivity contribution in [1.82, 2.24) is 4.98 Å². The van der Waals surface area contributed by atoms with Crippen molar-refractivity contribution in [2.75, 3.05) is 18.5 Å². The minimum Gasteiger partial charge on any atom is -0.384 e. The molecule has 0 aliphatic carbocycles. The first-order valence-electron chi connectivity index (χ1n) is 6.21. The Morgan fingerprint density at radius 3 is 2.30 bits per heavy atom. The molecule has 0 saturated carbocycles. The molecule has 0 spiro atoms. The molecule has 0 saturated heterocycles. The molecule has 0 unspecified atom stereocenters. The van der Waals surface area contributed by atoms with Crippen LogP contribution in [0.2, 0.25) is 0 Å². The first-order chi connectivity index (χ1) is 9.16. The quantitative estimate of drug-likeness (QED) is 0.657. The van der Waals surface area contributed by atoms with Crippen LogP contribution >= 0.6 is 12.4 Å². The number of aromatic nitrogens is 1. The van der Waals surface area contributed by atoms with E-state index in [0.717, 1.165) is 24.2 Å². The third kappa shape index (κ3) is 4.24. The van der Waals surface area contributed by atoms with E-state index in [1.807, 2.05) is 48.8 Å². The summed E-state index contributed by atoms with van der Waals surface area (Å²) in [5, 5.41) is 7.36. The number of nitrogens with zero attached hydrogens (tertiary/aromatic N) is 2. The number of anilines is 1. The van der Waals surface area contributed by atoms with E-state index in [4.69, 9.17) is 11.1 Å². The minimum atomic E-state index is 0. The second kappa shape index (κ2) is 7.50. The first-order valence-corrected chi connectivity index (χ1v) is 6.21. The highest BCUT2D eigenvalue weighted by atomic mass is 35.5. The highest BCUT2D eigenvalue weighted by Crippen LogP contribution is 2.14. The summed E-state index contributed by atoms with van der Waals surface area (Å²) in [6, 6.07) is 11.8. The maximum atomic E-state index is 7.36. The number of nitrogens with one attached hydrogen (secondary N) is 1. The average Bonchev–Trinajstić information content (AvgIpc) is 2.46. The lowest BCUT2D eigenvalue weighted by Gasteiger charge is -2.19. The van der Waals surface area contributed by atoms with Gasteiger partial charge in [0.1, 0.15) is 5.84 Å². The van der Waals surface area contributed by atoms with Crippen LogP contribution in [0, 0.1) is 5.41 Å². The molecular formula is C15H19ClN4. The minimum absolute atomic E-state index is 0. The van der Waals surface area contributed by atoms with E-state index in [2.05, 4.69) is 16.9 Å². The highest BCUT2D eigenvalue weighted by Gasteiger charge is 2.02. The Morgan fingerprint density at radius 1 is 1.15 bits per heavy atom. The standard InChI is InChI=1S/C15H18N4.ClH/c1-19(11-8-12-6-9-18-10-7-12)14-4-2-13(3-5-14)15(16)17;/h2-7,9-10H,8,11H2,1H3,(H3,16,17);1H. The fourth-order valence-corrected chi connectivity index (χ4v) is 1.87. The Hall–Kier alpha value is -2.07. The molecule has 0 aliphatic rings. The molecule has 3 N–H and O–H groups in total. The van der Waals surface area contributed by atoms with E-state index < -0.39 is 0 Å². The molecule has 0 atom stereocenters. The molecule has 2 rings (SSSR count). The first kappa shape index (κ1) is 16.0. The van der Waals surface area contributed by atoms with Crippen LogP contribution in [-0.4, -0.2) is 24.4 Å². The van der Waals surface area contributed by atoms with E-state index in [0.29, 0.717) is 0 Å². The third-order valence-corrected chi connectivity index (χ3v) is 3.10. The van der Waals surface area contributed by atoms with Crippen LogP contribution in [0.1, 0.15) is 11.1 Å². The molecule has 5 heteroatoms. The number of hydrogen-bond donors (Lipinski definition) is 2. The van der Waals surface area contributed by atoms with Gasteiger partial charge in [-0.25, -0.2) is 0 Å². The summed E-state index contributed by atoms with van der Waals surface area (Å²) < 4.78 is 0. The summed E-state index contributed by atoms with van der Waals surface area (Å²) in [4.78, 5) is 6.20. The molecule has 0 amide bonds. The van der Waals surface area contributed by atoms with Crippen LogP contribution in [0.5, 0.6) is 0 Å². The summed E-state index contributed by atoms with van der Waals surface area (Å²) in [6.45, 7) is 0.934. The average molecular weight is 291 g/mol. The van der Waals surface area contributed by atoms with E-state index in [1.54, 1.807) is 0 Å². The van der Waals surface area contributed by atoms with Gasteiger partial charge in [-0.1, -0.05) is 0 Å². The highest BCUT2D eigenvalue weighted by molar-refractivity contribution is 5.95. The molecule has 0 bridgehead atoms. The molecule has 106 valence electrons. The van der Waals surface area contributed by atoms with Gasteiger partial charge < -0.3 is 10.6 Å². The zero-order valence-corrected chi connectivity index (χ0v) is 12.2. The summed E-state index contributed by atoms with van der Waals surface area (Å²) in [5.41, 5.74) is 8.60. The molecule has 2 aromatic rings. The monoisotopic (exact) mass is 290 g/mol. The largest absolute Gasteiger partial charge is 0.384 e.